The van der Waals surface area contributed by atoms with E-state index >= 15 is 0 Å². The van der Waals surface area contributed by atoms with Crippen molar-refractivity contribution in [1.82, 2.24) is 4.90 Å². The standard InChI is InChI=1S/C11H22N2O2/c1-5-10(3,4)13-8-11(13,7-12)9(14)15-6-2/h5-8,12H2,1-4H3. The monoisotopic (exact) mass is 214 g/mol. The predicted octanol–water partition coefficient (Wildman–Crippen LogP) is 0.751. The second-order valence-electron chi connectivity index (χ2n) is 4.71. The Labute approximate surface area is 91.8 Å². The van der Waals surface area contributed by atoms with Crippen LogP contribution in [0.25, 0.3) is 0 Å². The molecule has 0 aromatic heterocycles. The fourth-order valence-corrected chi connectivity index (χ4v) is 1.91. The van der Waals surface area contributed by atoms with Crippen molar-refractivity contribution in [2.45, 2.75) is 45.2 Å². The first-order valence-electron chi connectivity index (χ1n) is 5.59. The molecule has 2 atom stereocenters. The molecule has 1 heterocycles. The molecule has 1 rings (SSSR count). The molecule has 2 N–H and O–H groups in total. The normalized spacial score (nSPS) is 30.1. The molecule has 15 heavy (non-hydrogen) atoms. The summed E-state index contributed by atoms with van der Waals surface area (Å²) in [5.74, 6) is -0.172. The topological polar surface area (TPSA) is 55.3 Å². The molecule has 1 saturated heterocycles. The number of nitrogens with two attached hydrogens (primary N) is 1. The van der Waals surface area contributed by atoms with Gasteiger partial charge in [0.05, 0.1) is 6.61 Å². The lowest BCUT2D eigenvalue weighted by atomic mass is 10.0. The van der Waals surface area contributed by atoms with E-state index in [4.69, 9.17) is 10.5 Å². The van der Waals surface area contributed by atoms with Gasteiger partial charge in [-0.1, -0.05) is 6.92 Å². The van der Waals surface area contributed by atoms with Gasteiger partial charge in [-0.3, -0.25) is 4.90 Å². The third-order valence-corrected chi connectivity index (χ3v) is 3.42. The Kier molecular flexibility index (Phi) is 3.41. The van der Waals surface area contributed by atoms with Crippen molar-refractivity contribution in [3.63, 3.8) is 0 Å². The van der Waals surface area contributed by atoms with Gasteiger partial charge < -0.3 is 10.5 Å². The highest BCUT2D eigenvalue weighted by Gasteiger charge is 2.62. The van der Waals surface area contributed by atoms with Crippen molar-refractivity contribution in [3.05, 3.63) is 0 Å². The highest BCUT2D eigenvalue weighted by atomic mass is 16.5. The highest BCUT2D eigenvalue weighted by molar-refractivity contribution is 5.85. The van der Waals surface area contributed by atoms with E-state index in [9.17, 15) is 4.79 Å². The van der Waals surface area contributed by atoms with E-state index in [1.165, 1.54) is 0 Å². The van der Waals surface area contributed by atoms with Crippen LogP contribution in [0.3, 0.4) is 0 Å². The van der Waals surface area contributed by atoms with Gasteiger partial charge in [0.25, 0.3) is 0 Å². The summed E-state index contributed by atoms with van der Waals surface area (Å²) in [6.45, 7) is 9.68. The largest absolute Gasteiger partial charge is 0.465 e. The molecule has 1 aliphatic heterocycles. The third kappa shape index (κ3) is 2.01. The van der Waals surface area contributed by atoms with Gasteiger partial charge in [-0.2, -0.15) is 0 Å². The zero-order valence-corrected chi connectivity index (χ0v) is 10.2. The minimum atomic E-state index is -0.546. The van der Waals surface area contributed by atoms with E-state index in [1.54, 1.807) is 0 Å². The first kappa shape index (κ1) is 12.5. The molecule has 4 nitrogen and oxygen atoms in total. The van der Waals surface area contributed by atoms with Gasteiger partial charge in [0.15, 0.2) is 0 Å². The van der Waals surface area contributed by atoms with Crippen molar-refractivity contribution in [2.24, 2.45) is 5.73 Å². The Morgan fingerprint density at radius 3 is 2.53 bits per heavy atom. The Morgan fingerprint density at radius 1 is 1.53 bits per heavy atom. The van der Waals surface area contributed by atoms with Gasteiger partial charge in [-0.25, -0.2) is 4.79 Å². The number of carbonyl (C=O) groups is 1. The summed E-state index contributed by atoms with van der Waals surface area (Å²) in [6, 6.07) is 0. The van der Waals surface area contributed by atoms with E-state index in [-0.39, 0.29) is 11.5 Å². The van der Waals surface area contributed by atoms with Crippen LogP contribution in [-0.4, -0.2) is 41.6 Å². The molecule has 0 bridgehead atoms. The minimum Gasteiger partial charge on any atom is -0.465 e. The maximum atomic E-state index is 11.8. The number of hydrogen-bond acceptors (Lipinski definition) is 4. The molecule has 0 spiro atoms. The molecule has 1 fully saturated rings. The van der Waals surface area contributed by atoms with Gasteiger partial charge in [-0.15, -0.1) is 0 Å². The molecular formula is C11H22N2O2. The van der Waals surface area contributed by atoms with Crippen LogP contribution >= 0.6 is 0 Å². The van der Waals surface area contributed by atoms with E-state index in [0.717, 1.165) is 13.0 Å². The van der Waals surface area contributed by atoms with E-state index in [2.05, 4.69) is 25.7 Å². The smallest absolute Gasteiger partial charge is 0.329 e. The first-order chi connectivity index (χ1) is 6.94. The lowest BCUT2D eigenvalue weighted by Crippen LogP contribution is -2.45. The van der Waals surface area contributed by atoms with Crippen LogP contribution in [0.4, 0.5) is 0 Å². The molecule has 0 aliphatic carbocycles. The summed E-state index contributed by atoms with van der Waals surface area (Å²) in [4.78, 5) is 13.9. The average Bonchev–Trinajstić information content (AvgIpc) is 2.95. The fraction of sp³-hybridized carbons (Fsp3) is 0.909. The minimum absolute atomic E-state index is 0.0200. The van der Waals surface area contributed by atoms with Crippen LogP contribution < -0.4 is 5.73 Å². The molecule has 4 heteroatoms. The van der Waals surface area contributed by atoms with Crippen LogP contribution in [0.2, 0.25) is 0 Å². The second kappa shape index (κ2) is 4.10. The second-order valence-corrected chi connectivity index (χ2v) is 4.71. The number of hydrogen-bond donors (Lipinski definition) is 1. The molecule has 1 aliphatic rings. The summed E-state index contributed by atoms with van der Waals surface area (Å²) >= 11 is 0. The maximum Gasteiger partial charge on any atom is 0.329 e. The lowest BCUT2D eigenvalue weighted by Gasteiger charge is -2.28. The molecule has 0 aromatic carbocycles. The SMILES string of the molecule is CCOC(=O)C1(CN)CN1C(C)(C)CC. The summed E-state index contributed by atoms with van der Waals surface area (Å²) in [5.41, 5.74) is 5.17. The summed E-state index contributed by atoms with van der Waals surface area (Å²) in [7, 11) is 0. The molecule has 0 aromatic rings. The summed E-state index contributed by atoms with van der Waals surface area (Å²) in [6.07, 6.45) is 0.994. The zero-order valence-electron chi connectivity index (χ0n) is 10.2. The highest BCUT2D eigenvalue weighted by Crippen LogP contribution is 2.41. The molecule has 2 unspecified atom stereocenters. The van der Waals surface area contributed by atoms with Crippen LogP contribution in [0.5, 0.6) is 0 Å². The van der Waals surface area contributed by atoms with Crippen LogP contribution in [0, 0.1) is 0 Å². The van der Waals surface area contributed by atoms with Gasteiger partial charge in [-0.05, 0) is 27.2 Å². The Hall–Kier alpha value is -0.610. The Morgan fingerprint density at radius 2 is 2.13 bits per heavy atom. The quantitative estimate of drug-likeness (QED) is 0.542. The van der Waals surface area contributed by atoms with E-state index < -0.39 is 5.54 Å². The van der Waals surface area contributed by atoms with Gasteiger partial charge in [0, 0.05) is 18.6 Å². The van der Waals surface area contributed by atoms with Gasteiger partial charge in [0.2, 0.25) is 0 Å². The summed E-state index contributed by atoms with van der Waals surface area (Å²) < 4.78 is 5.07. The number of nitrogens with zero attached hydrogens (tertiary/aromatic N) is 1. The van der Waals surface area contributed by atoms with Crippen molar-refractivity contribution in [2.75, 3.05) is 19.7 Å². The lowest BCUT2D eigenvalue weighted by molar-refractivity contribution is -0.148. The van der Waals surface area contributed by atoms with E-state index in [0.29, 0.717) is 13.2 Å². The number of ether oxygens (including phenoxy) is 1. The van der Waals surface area contributed by atoms with Gasteiger partial charge in [0.1, 0.15) is 5.54 Å². The van der Waals surface area contributed by atoms with Gasteiger partial charge >= 0.3 is 5.97 Å². The molecule has 0 saturated carbocycles. The van der Waals surface area contributed by atoms with E-state index in [1.807, 2.05) is 6.92 Å². The Bertz CT molecular complexity index is 253. The average molecular weight is 214 g/mol. The molecule has 0 amide bonds. The van der Waals surface area contributed by atoms with Crippen LogP contribution in [-0.2, 0) is 9.53 Å². The van der Waals surface area contributed by atoms with Crippen molar-refractivity contribution in [1.29, 1.82) is 0 Å². The van der Waals surface area contributed by atoms with Crippen LogP contribution in [0.1, 0.15) is 34.1 Å². The number of rotatable bonds is 5. The zero-order chi connectivity index (χ0) is 11.7. The Balaban J connectivity index is 2.73. The number of esters is 1. The van der Waals surface area contributed by atoms with Crippen LogP contribution in [0.15, 0.2) is 0 Å². The third-order valence-electron chi connectivity index (χ3n) is 3.42. The molecule has 88 valence electrons. The fourth-order valence-electron chi connectivity index (χ4n) is 1.91. The van der Waals surface area contributed by atoms with Crippen molar-refractivity contribution >= 4 is 5.97 Å². The molecule has 0 radical (unpaired) electrons. The molecular weight excluding hydrogens is 192 g/mol. The predicted molar refractivity (Wildman–Crippen MR) is 59.5 cm³/mol. The first-order valence-corrected chi connectivity index (χ1v) is 5.59. The summed E-state index contributed by atoms with van der Waals surface area (Å²) in [5, 5.41) is 0. The van der Waals surface area contributed by atoms with Crippen molar-refractivity contribution in [3.8, 4) is 0 Å². The number of carbonyl (C=O) groups excluding carboxylic acids is 1. The maximum absolute atomic E-state index is 11.8. The van der Waals surface area contributed by atoms with Crippen molar-refractivity contribution < 1.29 is 9.53 Å².